The van der Waals surface area contributed by atoms with Crippen LogP contribution in [0.1, 0.15) is 13.8 Å². The van der Waals surface area contributed by atoms with E-state index >= 15 is 0 Å². The average molecular weight is 316 g/mol. The number of ether oxygens (including phenoxy) is 1. The van der Waals surface area contributed by atoms with Gasteiger partial charge in [0.05, 0.1) is 19.8 Å². The summed E-state index contributed by atoms with van der Waals surface area (Å²) in [5.41, 5.74) is -0.802. The number of carbonyl (C=O) groups is 3. The molecular weight excluding hydrogens is 292 g/mol. The van der Waals surface area contributed by atoms with E-state index in [0.717, 1.165) is 0 Å². The van der Waals surface area contributed by atoms with Gasteiger partial charge in [-0.1, -0.05) is 0 Å². The fourth-order valence-electron chi connectivity index (χ4n) is 3.13. The predicted molar refractivity (Wildman–Crippen MR) is 77.4 cm³/mol. The van der Waals surface area contributed by atoms with Crippen LogP contribution in [0.3, 0.4) is 0 Å². The van der Waals surface area contributed by atoms with Crippen LogP contribution in [-0.4, -0.2) is 84.3 Å². The lowest BCUT2D eigenvalue weighted by Gasteiger charge is -2.24. The number of nitrogens with zero attached hydrogens (tertiary/aromatic N) is 2. The molecule has 0 saturated carbocycles. The van der Waals surface area contributed by atoms with E-state index in [1.807, 2.05) is 18.7 Å². The number of carboxylic acid groups (broad SMARTS) is 2. The van der Waals surface area contributed by atoms with Gasteiger partial charge in [-0.2, -0.15) is 0 Å². The van der Waals surface area contributed by atoms with Crippen molar-refractivity contribution in [3.8, 4) is 0 Å². The van der Waals surface area contributed by atoms with Crippen LogP contribution in [0.4, 0.5) is 0 Å². The Hall–Kier alpha value is -1.67. The van der Waals surface area contributed by atoms with Gasteiger partial charge in [0.15, 0.2) is 0 Å². The van der Waals surface area contributed by atoms with E-state index in [1.54, 1.807) is 4.90 Å². The molecule has 0 aromatic heterocycles. The van der Waals surface area contributed by atoms with Gasteiger partial charge in [0.25, 0.3) is 6.47 Å². The van der Waals surface area contributed by atoms with Gasteiger partial charge in [-0.15, -0.1) is 0 Å². The number of aliphatic carboxylic acids is 1. The number of rotatable bonds is 5. The smallest absolute Gasteiger partial charge is 0.313 e. The van der Waals surface area contributed by atoms with E-state index in [1.165, 1.54) is 0 Å². The minimum absolute atomic E-state index is 0.00880. The molecule has 2 aliphatic rings. The molecule has 2 saturated heterocycles. The molecule has 8 heteroatoms. The van der Waals surface area contributed by atoms with Crippen molar-refractivity contribution in [2.45, 2.75) is 13.8 Å². The summed E-state index contributed by atoms with van der Waals surface area (Å²) in [7, 11) is 0. The van der Waals surface area contributed by atoms with Gasteiger partial charge in [0.2, 0.25) is 5.91 Å². The fraction of sp³-hybridized carbons (Fsp3) is 0.786. The Labute approximate surface area is 129 Å². The fourth-order valence-corrected chi connectivity index (χ4v) is 3.13. The number of carbonyl (C=O) groups excluding carboxylic acids is 1. The summed E-state index contributed by atoms with van der Waals surface area (Å²) in [5.74, 6) is -0.714. The third-order valence-corrected chi connectivity index (χ3v) is 4.35. The Kier molecular flexibility index (Phi) is 6.76. The molecule has 0 unspecified atom stereocenters. The van der Waals surface area contributed by atoms with E-state index in [-0.39, 0.29) is 24.9 Å². The van der Waals surface area contributed by atoms with Gasteiger partial charge in [-0.25, -0.2) is 0 Å². The molecule has 0 aromatic carbocycles. The molecule has 126 valence electrons. The normalized spacial score (nSPS) is 26.7. The highest BCUT2D eigenvalue weighted by atomic mass is 16.5. The van der Waals surface area contributed by atoms with E-state index in [2.05, 4.69) is 0 Å². The lowest BCUT2D eigenvalue weighted by atomic mass is 9.81. The molecule has 0 aliphatic carbocycles. The van der Waals surface area contributed by atoms with E-state index < -0.39 is 11.4 Å². The summed E-state index contributed by atoms with van der Waals surface area (Å²) >= 11 is 0. The standard InChI is InChI=1S/C13H22N2O4.CH2O2/c1-3-15(4-2)11(16)6-14-5-10-7-19-9-13(10,8-14)12(17)18;2-1-3/h10H,3-9H2,1-2H3,(H,17,18);1H,(H,2,3)/t10-,13-;/m1./s1. The Balaban J connectivity index is 0.000000745. The van der Waals surface area contributed by atoms with Crippen molar-refractivity contribution < 1.29 is 29.3 Å². The Morgan fingerprint density at radius 3 is 2.45 bits per heavy atom. The molecule has 0 spiro atoms. The van der Waals surface area contributed by atoms with Crippen LogP contribution in [-0.2, 0) is 19.1 Å². The van der Waals surface area contributed by atoms with Gasteiger partial charge < -0.3 is 19.8 Å². The minimum atomic E-state index is -0.802. The van der Waals surface area contributed by atoms with Crippen molar-refractivity contribution in [1.29, 1.82) is 0 Å². The lowest BCUT2D eigenvalue weighted by molar-refractivity contribution is -0.150. The minimum Gasteiger partial charge on any atom is -0.483 e. The average Bonchev–Trinajstić information content (AvgIpc) is 2.98. The van der Waals surface area contributed by atoms with Crippen molar-refractivity contribution in [2.24, 2.45) is 11.3 Å². The van der Waals surface area contributed by atoms with Crippen molar-refractivity contribution in [1.82, 2.24) is 9.80 Å². The molecule has 1 amide bonds. The summed E-state index contributed by atoms with van der Waals surface area (Å²) in [6.45, 7) is 7.16. The highest BCUT2D eigenvalue weighted by Gasteiger charge is 2.56. The Morgan fingerprint density at radius 2 is 2.00 bits per heavy atom. The first-order valence-corrected chi connectivity index (χ1v) is 7.34. The highest BCUT2D eigenvalue weighted by Crippen LogP contribution is 2.41. The zero-order valence-corrected chi connectivity index (χ0v) is 13.0. The first-order chi connectivity index (χ1) is 10.4. The molecule has 2 aliphatic heterocycles. The quantitative estimate of drug-likeness (QED) is 0.664. The molecule has 8 nitrogen and oxygen atoms in total. The molecule has 22 heavy (non-hydrogen) atoms. The number of likely N-dealkylation sites (tertiary alicyclic amines) is 1. The highest BCUT2D eigenvalue weighted by molar-refractivity contribution is 5.79. The SMILES string of the molecule is CCN(CC)C(=O)CN1C[C@@H]2COC[C@]2(C(=O)O)C1.O=CO. The Morgan fingerprint density at radius 1 is 1.41 bits per heavy atom. The number of hydrogen-bond acceptors (Lipinski definition) is 5. The van der Waals surface area contributed by atoms with Crippen molar-refractivity contribution in [3.63, 3.8) is 0 Å². The summed E-state index contributed by atoms with van der Waals surface area (Å²) in [6, 6.07) is 0. The maximum atomic E-state index is 12.1. The van der Waals surface area contributed by atoms with Crippen LogP contribution in [0.15, 0.2) is 0 Å². The molecule has 2 N–H and O–H groups in total. The van der Waals surface area contributed by atoms with Gasteiger partial charge in [0, 0.05) is 32.1 Å². The van der Waals surface area contributed by atoms with Gasteiger partial charge in [0.1, 0.15) is 5.41 Å². The summed E-state index contributed by atoms with van der Waals surface area (Å²) in [6.07, 6.45) is 0. The topological polar surface area (TPSA) is 107 Å². The number of carboxylic acids is 1. The molecule has 0 bridgehead atoms. The third-order valence-electron chi connectivity index (χ3n) is 4.35. The molecule has 0 radical (unpaired) electrons. The second-order valence-electron chi connectivity index (χ2n) is 5.51. The molecular formula is C14H24N2O6. The van der Waals surface area contributed by atoms with Crippen LogP contribution >= 0.6 is 0 Å². The maximum absolute atomic E-state index is 12.1. The molecule has 2 atom stereocenters. The van der Waals surface area contributed by atoms with Gasteiger partial charge >= 0.3 is 5.97 Å². The Bertz CT molecular complexity index is 412. The van der Waals surface area contributed by atoms with Crippen LogP contribution in [0.5, 0.6) is 0 Å². The van der Waals surface area contributed by atoms with Crippen LogP contribution in [0.25, 0.3) is 0 Å². The zero-order valence-electron chi connectivity index (χ0n) is 13.0. The van der Waals surface area contributed by atoms with Crippen molar-refractivity contribution >= 4 is 18.3 Å². The largest absolute Gasteiger partial charge is 0.483 e. The number of hydrogen-bond donors (Lipinski definition) is 2. The molecule has 0 aromatic rings. The van der Waals surface area contributed by atoms with Crippen molar-refractivity contribution in [2.75, 3.05) is 45.9 Å². The van der Waals surface area contributed by atoms with Crippen LogP contribution in [0, 0.1) is 11.3 Å². The van der Waals surface area contributed by atoms with E-state index in [0.29, 0.717) is 39.3 Å². The summed E-state index contributed by atoms with van der Waals surface area (Å²) in [4.78, 5) is 35.6. The molecule has 2 rings (SSSR count). The molecule has 2 heterocycles. The van der Waals surface area contributed by atoms with Gasteiger partial charge in [-0.3, -0.25) is 19.3 Å². The van der Waals surface area contributed by atoms with Crippen LogP contribution in [0.2, 0.25) is 0 Å². The molecule has 2 fully saturated rings. The first-order valence-electron chi connectivity index (χ1n) is 7.34. The monoisotopic (exact) mass is 316 g/mol. The zero-order chi connectivity index (χ0) is 16.8. The number of fused-ring (bicyclic) bond motifs is 1. The first kappa shape index (κ1) is 18.4. The maximum Gasteiger partial charge on any atom is 0.313 e. The van der Waals surface area contributed by atoms with E-state index in [9.17, 15) is 14.7 Å². The second kappa shape index (κ2) is 8.09. The second-order valence-corrected chi connectivity index (χ2v) is 5.51. The van der Waals surface area contributed by atoms with E-state index in [4.69, 9.17) is 14.6 Å². The summed E-state index contributed by atoms with van der Waals surface area (Å²) < 4.78 is 5.32. The van der Waals surface area contributed by atoms with Crippen LogP contribution < -0.4 is 0 Å². The van der Waals surface area contributed by atoms with Crippen molar-refractivity contribution in [3.05, 3.63) is 0 Å². The summed E-state index contributed by atoms with van der Waals surface area (Å²) in [5, 5.41) is 16.3. The lowest BCUT2D eigenvalue weighted by Crippen LogP contribution is -2.42. The number of amides is 1. The van der Waals surface area contributed by atoms with Gasteiger partial charge in [-0.05, 0) is 13.8 Å². The predicted octanol–water partition coefficient (Wildman–Crippen LogP) is -0.411. The third kappa shape index (κ3) is 3.75. The number of likely N-dealkylation sites (N-methyl/N-ethyl adjacent to an activating group) is 1.